The summed E-state index contributed by atoms with van der Waals surface area (Å²) in [6.07, 6.45) is 4.01. The monoisotopic (exact) mass is 247 g/mol. The van der Waals surface area contributed by atoms with Gasteiger partial charge >= 0.3 is 0 Å². The van der Waals surface area contributed by atoms with Gasteiger partial charge in [-0.2, -0.15) is 0 Å². The molecule has 0 saturated heterocycles. The number of amides is 1. The summed E-state index contributed by atoms with van der Waals surface area (Å²) >= 11 is 0. The Labute approximate surface area is 109 Å². The first-order chi connectivity index (χ1) is 8.72. The zero-order valence-electron chi connectivity index (χ0n) is 11.0. The third kappa shape index (κ3) is 4.00. The third-order valence-corrected chi connectivity index (χ3v) is 2.91. The Kier molecular flexibility index (Phi) is 6.15. The van der Waals surface area contributed by atoms with Gasteiger partial charge in [-0.05, 0) is 25.0 Å². The first-order valence-electron chi connectivity index (χ1n) is 6.31. The molecule has 0 radical (unpaired) electrons. The van der Waals surface area contributed by atoms with Crippen molar-refractivity contribution < 1.29 is 9.90 Å². The summed E-state index contributed by atoms with van der Waals surface area (Å²) in [6, 6.07) is 9.69. The molecule has 0 heterocycles. The van der Waals surface area contributed by atoms with Crippen molar-refractivity contribution in [3.63, 3.8) is 0 Å². The minimum Gasteiger partial charge on any atom is -0.394 e. The molecule has 0 bridgehead atoms. The smallest absolute Gasteiger partial charge is 0.246 e. The predicted octanol–water partition coefficient (Wildman–Crippen LogP) is 2.36. The second kappa shape index (κ2) is 7.67. The molecule has 98 valence electrons. The van der Waals surface area contributed by atoms with Gasteiger partial charge in [0.2, 0.25) is 5.91 Å². The molecule has 0 aliphatic carbocycles. The van der Waals surface area contributed by atoms with Gasteiger partial charge in [0.15, 0.2) is 0 Å². The maximum Gasteiger partial charge on any atom is 0.246 e. The van der Waals surface area contributed by atoms with Crippen molar-refractivity contribution in [1.82, 2.24) is 4.90 Å². The van der Waals surface area contributed by atoms with Crippen LogP contribution in [0.1, 0.15) is 25.8 Å². The second-order valence-electron chi connectivity index (χ2n) is 4.20. The number of carbonyl (C=O) groups excluding carboxylic acids is 1. The van der Waals surface area contributed by atoms with Crippen LogP contribution in [0, 0.1) is 0 Å². The standard InChI is InChI=1S/C15H21NO2/c1-3-8-15(18)16(14(4-2)12-17)11-13-9-6-5-7-10-13/h3,5-10,14,17H,4,11-12H2,1-2H3/b8-3+/t14-/m1/s1. The van der Waals surface area contributed by atoms with Crippen molar-refractivity contribution in [2.75, 3.05) is 6.61 Å². The highest BCUT2D eigenvalue weighted by molar-refractivity contribution is 5.87. The second-order valence-corrected chi connectivity index (χ2v) is 4.20. The van der Waals surface area contributed by atoms with Gasteiger partial charge in [0.05, 0.1) is 12.6 Å². The molecule has 1 aromatic carbocycles. The van der Waals surface area contributed by atoms with E-state index >= 15 is 0 Å². The van der Waals surface area contributed by atoms with Gasteiger partial charge in [-0.15, -0.1) is 0 Å². The number of hydrogen-bond acceptors (Lipinski definition) is 2. The molecule has 0 spiro atoms. The molecule has 3 nitrogen and oxygen atoms in total. The van der Waals surface area contributed by atoms with Crippen LogP contribution in [-0.2, 0) is 11.3 Å². The van der Waals surface area contributed by atoms with Crippen LogP contribution in [0.4, 0.5) is 0 Å². The highest BCUT2D eigenvalue weighted by atomic mass is 16.3. The summed E-state index contributed by atoms with van der Waals surface area (Å²) < 4.78 is 0. The van der Waals surface area contributed by atoms with Gasteiger partial charge in [-0.25, -0.2) is 0 Å². The first kappa shape index (κ1) is 14.5. The maximum absolute atomic E-state index is 12.0. The van der Waals surface area contributed by atoms with E-state index in [9.17, 15) is 9.90 Å². The number of carbonyl (C=O) groups is 1. The number of benzene rings is 1. The number of allylic oxidation sites excluding steroid dienone is 1. The number of aliphatic hydroxyl groups is 1. The molecule has 0 fully saturated rings. The maximum atomic E-state index is 12.0. The molecule has 1 atom stereocenters. The molecule has 1 N–H and O–H groups in total. The Bertz CT molecular complexity index is 383. The summed E-state index contributed by atoms with van der Waals surface area (Å²) in [5.74, 6) is -0.0535. The molecular formula is C15H21NO2. The summed E-state index contributed by atoms with van der Waals surface area (Å²) in [7, 11) is 0. The van der Waals surface area contributed by atoms with Crippen LogP contribution in [0.5, 0.6) is 0 Å². The van der Waals surface area contributed by atoms with Crippen molar-refractivity contribution in [2.24, 2.45) is 0 Å². The van der Waals surface area contributed by atoms with Crippen molar-refractivity contribution >= 4 is 5.91 Å². The Hall–Kier alpha value is -1.61. The summed E-state index contributed by atoms with van der Waals surface area (Å²) in [5, 5.41) is 9.37. The van der Waals surface area contributed by atoms with Gasteiger partial charge in [0.1, 0.15) is 0 Å². The molecule has 1 aromatic rings. The van der Waals surface area contributed by atoms with Gasteiger partial charge < -0.3 is 10.0 Å². The lowest BCUT2D eigenvalue weighted by atomic mass is 10.1. The Morgan fingerprint density at radius 3 is 2.56 bits per heavy atom. The quantitative estimate of drug-likeness (QED) is 0.784. The van der Waals surface area contributed by atoms with Crippen LogP contribution in [0.2, 0.25) is 0 Å². The fourth-order valence-corrected chi connectivity index (χ4v) is 1.85. The molecule has 0 aromatic heterocycles. The van der Waals surface area contributed by atoms with E-state index in [0.29, 0.717) is 6.54 Å². The fraction of sp³-hybridized carbons (Fsp3) is 0.400. The Morgan fingerprint density at radius 2 is 2.06 bits per heavy atom. The average molecular weight is 247 g/mol. The minimum absolute atomic E-state index is 0.00731. The van der Waals surface area contributed by atoms with E-state index in [1.54, 1.807) is 17.1 Å². The number of hydrogen-bond donors (Lipinski definition) is 1. The van der Waals surface area contributed by atoms with Crippen LogP contribution >= 0.6 is 0 Å². The van der Waals surface area contributed by atoms with E-state index < -0.39 is 0 Å². The van der Waals surface area contributed by atoms with Crippen molar-refractivity contribution in [2.45, 2.75) is 32.9 Å². The van der Waals surface area contributed by atoms with Gasteiger partial charge in [0, 0.05) is 6.54 Å². The Morgan fingerprint density at radius 1 is 1.39 bits per heavy atom. The summed E-state index contributed by atoms with van der Waals surface area (Å²) in [6.45, 7) is 4.32. The van der Waals surface area contributed by atoms with Crippen LogP contribution < -0.4 is 0 Å². The molecule has 1 amide bonds. The first-order valence-corrected chi connectivity index (χ1v) is 6.31. The molecule has 1 rings (SSSR count). The minimum atomic E-state index is -0.131. The van der Waals surface area contributed by atoms with E-state index in [1.165, 1.54) is 0 Å². The molecule has 18 heavy (non-hydrogen) atoms. The van der Waals surface area contributed by atoms with Gasteiger partial charge in [0.25, 0.3) is 0 Å². The van der Waals surface area contributed by atoms with E-state index in [-0.39, 0.29) is 18.6 Å². The average Bonchev–Trinajstić information content (AvgIpc) is 2.40. The predicted molar refractivity (Wildman–Crippen MR) is 73.0 cm³/mol. The largest absolute Gasteiger partial charge is 0.394 e. The molecule has 3 heteroatoms. The highest BCUT2D eigenvalue weighted by Crippen LogP contribution is 2.11. The van der Waals surface area contributed by atoms with Crippen LogP contribution in [0.15, 0.2) is 42.5 Å². The van der Waals surface area contributed by atoms with Crippen molar-refractivity contribution in [1.29, 1.82) is 0 Å². The lowest BCUT2D eigenvalue weighted by Crippen LogP contribution is -2.40. The fourth-order valence-electron chi connectivity index (χ4n) is 1.85. The van der Waals surface area contributed by atoms with E-state index in [2.05, 4.69) is 0 Å². The van der Waals surface area contributed by atoms with E-state index in [0.717, 1.165) is 12.0 Å². The summed E-state index contributed by atoms with van der Waals surface area (Å²) in [4.78, 5) is 13.8. The van der Waals surface area contributed by atoms with E-state index in [4.69, 9.17) is 0 Å². The zero-order chi connectivity index (χ0) is 13.4. The number of aliphatic hydroxyl groups excluding tert-OH is 1. The van der Waals surface area contributed by atoms with Gasteiger partial charge in [-0.3, -0.25) is 4.79 Å². The summed E-state index contributed by atoms with van der Waals surface area (Å²) in [5.41, 5.74) is 1.07. The van der Waals surface area contributed by atoms with Crippen LogP contribution in [-0.4, -0.2) is 28.6 Å². The molecule has 0 aliphatic heterocycles. The number of rotatable bonds is 6. The van der Waals surface area contributed by atoms with Gasteiger partial charge in [-0.1, -0.05) is 43.3 Å². The molecule has 0 unspecified atom stereocenters. The third-order valence-electron chi connectivity index (χ3n) is 2.91. The van der Waals surface area contributed by atoms with E-state index in [1.807, 2.05) is 44.2 Å². The van der Waals surface area contributed by atoms with Crippen molar-refractivity contribution in [3.8, 4) is 0 Å². The highest BCUT2D eigenvalue weighted by Gasteiger charge is 2.19. The molecule has 0 saturated carbocycles. The zero-order valence-corrected chi connectivity index (χ0v) is 11.0. The van der Waals surface area contributed by atoms with Crippen LogP contribution in [0.25, 0.3) is 0 Å². The SMILES string of the molecule is C/C=C/C(=O)N(Cc1ccccc1)[C@H](CC)CO. The normalized spacial score (nSPS) is 12.6. The topological polar surface area (TPSA) is 40.5 Å². The van der Waals surface area contributed by atoms with Crippen molar-refractivity contribution in [3.05, 3.63) is 48.0 Å². The van der Waals surface area contributed by atoms with Crippen LogP contribution in [0.3, 0.4) is 0 Å². The molecular weight excluding hydrogens is 226 g/mol. The Balaban J connectivity index is 2.87. The lowest BCUT2D eigenvalue weighted by Gasteiger charge is -2.29. The number of nitrogens with zero attached hydrogens (tertiary/aromatic N) is 1. The molecule has 0 aliphatic rings. The lowest BCUT2D eigenvalue weighted by molar-refractivity contribution is -0.130.